The number of carbonyl (C=O) groups is 2. The van der Waals surface area contributed by atoms with Gasteiger partial charge in [-0.2, -0.15) is 0 Å². The first-order chi connectivity index (χ1) is 12.1. The first-order valence-corrected chi connectivity index (χ1v) is 9.33. The molecule has 0 unspecified atom stereocenters. The highest BCUT2D eigenvalue weighted by Crippen LogP contribution is 2.25. The Kier molecular flexibility index (Phi) is 6.01. The molecule has 2 N–H and O–H groups in total. The van der Waals surface area contributed by atoms with Gasteiger partial charge >= 0.3 is 5.97 Å². The lowest BCUT2D eigenvalue weighted by molar-refractivity contribution is -0.138. The van der Waals surface area contributed by atoms with Crippen molar-refractivity contribution < 1.29 is 22.7 Å². The monoisotopic (exact) mass is 396 g/mol. The Balaban J connectivity index is 2.38. The van der Waals surface area contributed by atoms with E-state index in [1.807, 2.05) is 0 Å². The Morgan fingerprint density at radius 1 is 1.12 bits per heavy atom. The zero-order valence-electron chi connectivity index (χ0n) is 14.0. The van der Waals surface area contributed by atoms with Crippen molar-refractivity contribution in [3.8, 4) is 0 Å². The highest BCUT2D eigenvalue weighted by molar-refractivity contribution is 7.89. The number of likely N-dealkylation sites (N-methyl/N-ethyl adjacent to an activating group) is 1. The molecule has 7 nitrogen and oxygen atoms in total. The molecule has 0 spiro atoms. The van der Waals surface area contributed by atoms with Gasteiger partial charge in [0.15, 0.2) is 0 Å². The topological polar surface area (TPSA) is 107 Å². The number of halogens is 1. The lowest BCUT2D eigenvalue weighted by Crippen LogP contribution is -2.31. The van der Waals surface area contributed by atoms with Crippen LogP contribution in [0, 0.1) is 0 Å². The van der Waals surface area contributed by atoms with Crippen molar-refractivity contribution in [2.75, 3.05) is 14.1 Å². The van der Waals surface area contributed by atoms with Crippen LogP contribution in [-0.2, 0) is 19.6 Å². The molecule has 0 fully saturated rings. The molecule has 26 heavy (non-hydrogen) atoms. The van der Waals surface area contributed by atoms with Gasteiger partial charge in [0, 0.05) is 19.7 Å². The molecule has 0 aliphatic rings. The van der Waals surface area contributed by atoms with Crippen LogP contribution in [0.15, 0.2) is 53.4 Å². The van der Waals surface area contributed by atoms with Crippen LogP contribution in [-0.4, -0.2) is 39.3 Å². The number of amides is 1. The average Bonchev–Trinajstić information content (AvgIpc) is 2.58. The molecule has 2 rings (SSSR count). The Bertz CT molecular complexity index is 929. The summed E-state index contributed by atoms with van der Waals surface area (Å²) in [6, 6.07) is 12.0. The fraction of sp³-hybridized carbons (Fsp3) is 0.176. The van der Waals surface area contributed by atoms with E-state index in [4.69, 9.17) is 21.5 Å². The summed E-state index contributed by atoms with van der Waals surface area (Å²) in [6.45, 7) is 0. The SMILES string of the molecule is CN(C)C(=O)[C@@H](OC(=O)c1ccc(Cl)c(S(N)(=O)=O)c1)c1ccccc1. The van der Waals surface area contributed by atoms with Crippen molar-refractivity contribution in [1.82, 2.24) is 4.90 Å². The Labute approximate surface area is 156 Å². The normalized spacial score (nSPS) is 12.3. The van der Waals surface area contributed by atoms with Gasteiger partial charge in [-0.3, -0.25) is 4.79 Å². The molecule has 0 aliphatic heterocycles. The molecule has 2 aromatic rings. The zero-order chi connectivity index (χ0) is 19.5. The van der Waals surface area contributed by atoms with Crippen molar-refractivity contribution >= 4 is 33.5 Å². The second-order valence-electron chi connectivity index (χ2n) is 5.62. The van der Waals surface area contributed by atoms with E-state index in [0.717, 1.165) is 6.07 Å². The zero-order valence-corrected chi connectivity index (χ0v) is 15.6. The van der Waals surface area contributed by atoms with Crippen LogP contribution in [0.3, 0.4) is 0 Å². The Morgan fingerprint density at radius 3 is 2.27 bits per heavy atom. The van der Waals surface area contributed by atoms with Gasteiger partial charge in [-0.25, -0.2) is 18.4 Å². The quantitative estimate of drug-likeness (QED) is 0.777. The van der Waals surface area contributed by atoms with E-state index in [1.54, 1.807) is 30.3 Å². The number of nitrogens with two attached hydrogens (primary N) is 1. The summed E-state index contributed by atoms with van der Waals surface area (Å²) < 4.78 is 28.4. The molecule has 0 saturated carbocycles. The maximum Gasteiger partial charge on any atom is 0.339 e. The standard InChI is InChI=1S/C17H17ClN2O5S/c1-20(2)16(21)15(11-6-4-3-5-7-11)25-17(22)12-8-9-13(18)14(10-12)26(19,23)24/h3-10,15H,1-2H3,(H2,19,23,24)/t15-/m0/s1. The van der Waals surface area contributed by atoms with E-state index in [0.29, 0.717) is 5.56 Å². The number of hydrogen-bond donors (Lipinski definition) is 1. The van der Waals surface area contributed by atoms with E-state index >= 15 is 0 Å². The number of ether oxygens (including phenoxy) is 1. The van der Waals surface area contributed by atoms with Gasteiger partial charge in [-0.1, -0.05) is 41.9 Å². The highest BCUT2D eigenvalue weighted by Gasteiger charge is 2.27. The lowest BCUT2D eigenvalue weighted by atomic mass is 10.1. The molecule has 0 saturated heterocycles. The first-order valence-electron chi connectivity index (χ1n) is 7.40. The molecule has 2 aromatic carbocycles. The Morgan fingerprint density at radius 2 is 1.73 bits per heavy atom. The van der Waals surface area contributed by atoms with Gasteiger partial charge in [0.05, 0.1) is 10.6 Å². The van der Waals surface area contributed by atoms with Crippen molar-refractivity contribution in [1.29, 1.82) is 0 Å². The highest BCUT2D eigenvalue weighted by atomic mass is 35.5. The summed E-state index contributed by atoms with van der Waals surface area (Å²) in [5.41, 5.74) is 0.395. The van der Waals surface area contributed by atoms with Crippen molar-refractivity contribution in [2.45, 2.75) is 11.0 Å². The molecule has 9 heteroatoms. The summed E-state index contributed by atoms with van der Waals surface area (Å²) in [6.07, 6.45) is -1.17. The summed E-state index contributed by atoms with van der Waals surface area (Å²) in [7, 11) is -1.04. The first kappa shape index (κ1) is 19.9. The van der Waals surface area contributed by atoms with E-state index in [1.165, 1.54) is 31.1 Å². The van der Waals surface area contributed by atoms with Gasteiger partial charge < -0.3 is 9.64 Å². The molecule has 0 aliphatic carbocycles. The molecule has 0 radical (unpaired) electrons. The molecule has 138 valence electrons. The van der Waals surface area contributed by atoms with Crippen molar-refractivity contribution in [3.05, 3.63) is 64.7 Å². The van der Waals surface area contributed by atoms with Gasteiger partial charge in [-0.05, 0) is 18.2 Å². The van der Waals surface area contributed by atoms with Gasteiger partial charge in [0.25, 0.3) is 5.91 Å². The second-order valence-corrected chi connectivity index (χ2v) is 7.56. The minimum atomic E-state index is -4.11. The van der Waals surface area contributed by atoms with E-state index < -0.39 is 32.9 Å². The average molecular weight is 397 g/mol. The number of rotatable bonds is 5. The van der Waals surface area contributed by atoms with Crippen molar-refractivity contribution in [2.24, 2.45) is 5.14 Å². The number of esters is 1. The number of sulfonamides is 1. The minimum Gasteiger partial charge on any atom is -0.444 e. The molecule has 1 atom stereocenters. The number of nitrogens with zero attached hydrogens (tertiary/aromatic N) is 1. The minimum absolute atomic E-state index is 0.0917. The number of carbonyl (C=O) groups excluding carboxylic acids is 2. The van der Waals surface area contributed by atoms with Crippen LogP contribution in [0.25, 0.3) is 0 Å². The number of primary sulfonamides is 1. The largest absolute Gasteiger partial charge is 0.444 e. The summed E-state index contributed by atoms with van der Waals surface area (Å²) >= 11 is 5.81. The van der Waals surface area contributed by atoms with Crippen LogP contribution < -0.4 is 5.14 Å². The molecule has 1 amide bonds. The van der Waals surface area contributed by atoms with Gasteiger partial charge in [-0.15, -0.1) is 0 Å². The third kappa shape index (κ3) is 4.60. The van der Waals surface area contributed by atoms with Crippen LogP contribution in [0.5, 0.6) is 0 Å². The molecular weight excluding hydrogens is 380 g/mol. The van der Waals surface area contributed by atoms with Crippen LogP contribution in [0.4, 0.5) is 0 Å². The predicted octanol–water partition coefficient (Wildman–Crippen LogP) is 1.97. The number of hydrogen-bond acceptors (Lipinski definition) is 5. The van der Waals surface area contributed by atoms with E-state index in [-0.39, 0.29) is 10.6 Å². The van der Waals surface area contributed by atoms with Crippen LogP contribution in [0.2, 0.25) is 5.02 Å². The predicted molar refractivity (Wildman–Crippen MR) is 96.1 cm³/mol. The lowest BCUT2D eigenvalue weighted by Gasteiger charge is -2.21. The smallest absolute Gasteiger partial charge is 0.339 e. The van der Waals surface area contributed by atoms with E-state index in [9.17, 15) is 18.0 Å². The van der Waals surface area contributed by atoms with Gasteiger partial charge in [0.1, 0.15) is 4.90 Å². The molecular formula is C17H17ClN2O5S. The van der Waals surface area contributed by atoms with Crippen LogP contribution >= 0.6 is 11.6 Å². The molecule has 0 heterocycles. The fourth-order valence-electron chi connectivity index (χ4n) is 2.15. The maximum atomic E-state index is 12.5. The second kappa shape index (κ2) is 7.86. The molecule has 0 aromatic heterocycles. The number of benzene rings is 2. The Hall–Kier alpha value is -2.42. The van der Waals surface area contributed by atoms with E-state index in [2.05, 4.69) is 0 Å². The summed E-state index contributed by atoms with van der Waals surface area (Å²) in [4.78, 5) is 25.8. The molecule has 0 bridgehead atoms. The van der Waals surface area contributed by atoms with Crippen LogP contribution in [0.1, 0.15) is 22.0 Å². The fourth-order valence-corrected chi connectivity index (χ4v) is 3.22. The van der Waals surface area contributed by atoms with Crippen molar-refractivity contribution in [3.63, 3.8) is 0 Å². The summed E-state index contributed by atoms with van der Waals surface area (Å²) in [5.74, 6) is -1.32. The third-order valence-electron chi connectivity index (χ3n) is 3.47. The third-order valence-corrected chi connectivity index (χ3v) is 4.86. The van der Waals surface area contributed by atoms with Gasteiger partial charge in [0.2, 0.25) is 16.1 Å². The summed E-state index contributed by atoms with van der Waals surface area (Å²) in [5, 5.41) is 4.96. The maximum absolute atomic E-state index is 12.5.